The first-order chi connectivity index (χ1) is 19.4. The van der Waals surface area contributed by atoms with E-state index in [4.69, 9.17) is 14.4 Å². The number of rotatable bonds is 7. The molecule has 1 unspecified atom stereocenters. The van der Waals surface area contributed by atoms with Crippen molar-refractivity contribution in [1.82, 2.24) is 9.80 Å². The number of likely N-dealkylation sites (N-methyl/N-ethyl adjacent to an activating group) is 2. The first-order valence-corrected chi connectivity index (χ1v) is 19.4. The summed E-state index contributed by atoms with van der Waals surface area (Å²) in [4.78, 5) is 31.4. The highest BCUT2D eigenvalue weighted by atomic mass is 28.4. The zero-order valence-corrected chi connectivity index (χ0v) is 29.2. The van der Waals surface area contributed by atoms with Crippen LogP contribution < -0.4 is 0 Å². The molecule has 0 radical (unpaired) electrons. The van der Waals surface area contributed by atoms with E-state index in [2.05, 4.69) is 52.9 Å². The summed E-state index contributed by atoms with van der Waals surface area (Å²) in [5.74, 6) is 3.39. The molecule has 240 valence electrons. The standard InChI is InChI=1S/C33H59N3O5Si/c1-22(34-40-30(39)36(8)20-19-35(7)29(37)38)26-13-14-27-25-12-11-23-21-24(41-42(9,10)31(2,3)4)15-17-32(23,5)28(25)16-18-33(26,27)6/h23-28H,11-21H2,1-10H3,(H,37,38)/b34-22+/t23?,24-,25+,26-,27+,28+,32+,33-/m1/s1. The van der Waals surface area contributed by atoms with Crippen LogP contribution in [-0.2, 0) is 9.26 Å². The van der Waals surface area contributed by atoms with Crippen molar-refractivity contribution < 1.29 is 24.0 Å². The number of amides is 2. The van der Waals surface area contributed by atoms with Crippen LogP contribution >= 0.6 is 0 Å². The van der Waals surface area contributed by atoms with E-state index in [0.29, 0.717) is 23.4 Å². The number of carbonyl (C=O) groups is 2. The van der Waals surface area contributed by atoms with Crippen LogP contribution in [0.5, 0.6) is 0 Å². The summed E-state index contributed by atoms with van der Waals surface area (Å²) in [6.07, 6.45) is 10.2. The molecule has 9 heteroatoms. The molecular weight excluding hydrogens is 546 g/mol. The maximum Gasteiger partial charge on any atom is 0.435 e. The fourth-order valence-electron chi connectivity index (χ4n) is 9.34. The number of fused-ring (bicyclic) bond motifs is 5. The molecule has 1 N–H and O–H groups in total. The van der Waals surface area contributed by atoms with Gasteiger partial charge in [-0.05, 0) is 117 Å². The second kappa shape index (κ2) is 12.1. The number of nitrogens with zero attached hydrogens (tertiary/aromatic N) is 3. The number of hydrogen-bond acceptors (Lipinski definition) is 5. The summed E-state index contributed by atoms with van der Waals surface area (Å²) in [5, 5.41) is 13.6. The van der Waals surface area contributed by atoms with Gasteiger partial charge in [0.05, 0.1) is 5.71 Å². The van der Waals surface area contributed by atoms with Crippen molar-refractivity contribution in [2.45, 2.75) is 124 Å². The monoisotopic (exact) mass is 605 g/mol. The van der Waals surface area contributed by atoms with Gasteiger partial charge in [-0.2, -0.15) is 0 Å². The molecule has 4 rings (SSSR count). The van der Waals surface area contributed by atoms with Gasteiger partial charge in [-0.1, -0.05) is 39.8 Å². The highest BCUT2D eigenvalue weighted by Gasteiger charge is 2.61. The number of carboxylic acid groups (broad SMARTS) is 1. The maximum absolute atomic E-state index is 12.5. The van der Waals surface area contributed by atoms with Gasteiger partial charge in [0.25, 0.3) is 0 Å². The van der Waals surface area contributed by atoms with E-state index in [1.165, 1.54) is 63.3 Å². The predicted molar refractivity (Wildman–Crippen MR) is 170 cm³/mol. The molecule has 4 aliphatic rings. The van der Waals surface area contributed by atoms with Gasteiger partial charge in [0.1, 0.15) is 0 Å². The van der Waals surface area contributed by atoms with Gasteiger partial charge in [0, 0.05) is 39.2 Å². The molecule has 8 nitrogen and oxygen atoms in total. The quantitative estimate of drug-likeness (QED) is 0.137. The van der Waals surface area contributed by atoms with Crippen molar-refractivity contribution >= 4 is 26.2 Å². The van der Waals surface area contributed by atoms with E-state index in [1.54, 1.807) is 7.05 Å². The van der Waals surface area contributed by atoms with Crippen molar-refractivity contribution in [2.24, 2.45) is 45.6 Å². The first-order valence-electron chi connectivity index (χ1n) is 16.5. The van der Waals surface area contributed by atoms with E-state index in [0.717, 1.165) is 34.8 Å². The summed E-state index contributed by atoms with van der Waals surface area (Å²) in [6.45, 7) is 19.5. The number of hydrogen-bond donors (Lipinski definition) is 1. The summed E-state index contributed by atoms with van der Waals surface area (Å²) in [5.41, 5.74) is 1.54. The van der Waals surface area contributed by atoms with Crippen molar-refractivity contribution in [3.05, 3.63) is 0 Å². The molecule has 0 aromatic heterocycles. The van der Waals surface area contributed by atoms with E-state index in [1.807, 2.05) is 6.92 Å². The lowest BCUT2D eigenvalue weighted by molar-refractivity contribution is -0.122. The van der Waals surface area contributed by atoms with Crippen LogP contribution in [0.4, 0.5) is 9.59 Å². The van der Waals surface area contributed by atoms with Crippen molar-refractivity contribution in [1.29, 1.82) is 0 Å². The lowest BCUT2D eigenvalue weighted by Crippen LogP contribution is -2.55. The predicted octanol–water partition coefficient (Wildman–Crippen LogP) is 8.09. The normalized spacial score (nSPS) is 36.9. The van der Waals surface area contributed by atoms with Crippen molar-refractivity contribution in [2.75, 3.05) is 27.2 Å². The average Bonchev–Trinajstić information content (AvgIpc) is 3.26. The summed E-state index contributed by atoms with van der Waals surface area (Å²) in [7, 11) is 1.34. The topological polar surface area (TPSA) is 91.7 Å². The fraction of sp³-hybridized carbons (Fsp3) is 0.909. The molecule has 0 aromatic rings. The molecule has 0 aromatic carbocycles. The van der Waals surface area contributed by atoms with Gasteiger partial charge >= 0.3 is 12.2 Å². The third-order valence-electron chi connectivity index (χ3n) is 13.1. The van der Waals surface area contributed by atoms with Crippen molar-refractivity contribution in [3.63, 3.8) is 0 Å². The van der Waals surface area contributed by atoms with Crippen LogP contribution in [-0.4, -0.2) is 74.4 Å². The van der Waals surface area contributed by atoms with E-state index in [9.17, 15) is 9.59 Å². The van der Waals surface area contributed by atoms with Crippen molar-refractivity contribution in [3.8, 4) is 0 Å². The lowest BCUT2D eigenvalue weighted by Gasteiger charge is -2.61. The van der Waals surface area contributed by atoms with Gasteiger partial charge in [-0.15, -0.1) is 0 Å². The molecule has 42 heavy (non-hydrogen) atoms. The SMILES string of the molecule is C/C(=N\OC(=O)N(C)CCN(C)C(=O)O)[C@H]1CC[C@H]2[C@@H]3CCC4C[C@H](O[Si](C)(C)C(C)(C)C)CC[C@]4(C)[C@H]3CC[C@]12C. The van der Waals surface area contributed by atoms with E-state index in [-0.39, 0.29) is 23.5 Å². The Morgan fingerprint density at radius 2 is 1.55 bits per heavy atom. The molecule has 0 bridgehead atoms. The Kier molecular flexibility index (Phi) is 9.55. The molecule has 0 aliphatic heterocycles. The highest BCUT2D eigenvalue weighted by molar-refractivity contribution is 6.74. The number of carbonyl (C=O) groups excluding carboxylic acids is 1. The minimum Gasteiger partial charge on any atom is -0.465 e. The van der Waals surface area contributed by atoms with E-state index >= 15 is 0 Å². The fourth-order valence-corrected chi connectivity index (χ4v) is 10.7. The molecule has 0 saturated heterocycles. The second-order valence-corrected chi connectivity index (χ2v) is 21.1. The highest BCUT2D eigenvalue weighted by Crippen LogP contribution is 2.67. The zero-order chi connectivity index (χ0) is 31.3. The van der Waals surface area contributed by atoms with Crippen LogP contribution in [0.15, 0.2) is 5.16 Å². The van der Waals surface area contributed by atoms with Crippen LogP contribution in [0, 0.1) is 40.4 Å². The minimum atomic E-state index is -1.76. The third kappa shape index (κ3) is 6.29. The van der Waals surface area contributed by atoms with Gasteiger partial charge in [0.15, 0.2) is 8.32 Å². The Hall–Kier alpha value is -1.61. The van der Waals surface area contributed by atoms with Crippen LogP contribution in [0.2, 0.25) is 18.1 Å². The van der Waals surface area contributed by atoms with Crippen LogP contribution in [0.25, 0.3) is 0 Å². The Morgan fingerprint density at radius 3 is 2.19 bits per heavy atom. The van der Waals surface area contributed by atoms with Crippen LogP contribution in [0.1, 0.15) is 99.3 Å². The van der Waals surface area contributed by atoms with Gasteiger partial charge in [0.2, 0.25) is 0 Å². The third-order valence-corrected chi connectivity index (χ3v) is 17.6. The lowest BCUT2D eigenvalue weighted by atomic mass is 9.44. The Labute approximate surface area is 256 Å². The summed E-state index contributed by atoms with van der Waals surface area (Å²) >= 11 is 0. The van der Waals surface area contributed by atoms with Gasteiger partial charge < -0.3 is 19.3 Å². The second-order valence-electron chi connectivity index (χ2n) is 16.3. The molecular formula is C33H59N3O5Si. The molecule has 8 atom stereocenters. The molecule has 2 amide bonds. The summed E-state index contributed by atoms with van der Waals surface area (Å²) in [6, 6.07) is 0. The largest absolute Gasteiger partial charge is 0.465 e. The number of oxime groups is 1. The van der Waals surface area contributed by atoms with Crippen LogP contribution in [0.3, 0.4) is 0 Å². The van der Waals surface area contributed by atoms with Gasteiger partial charge in [-0.25, -0.2) is 9.59 Å². The molecule has 0 heterocycles. The zero-order valence-electron chi connectivity index (χ0n) is 28.2. The van der Waals surface area contributed by atoms with Gasteiger partial charge in [-0.3, -0.25) is 4.84 Å². The Bertz CT molecular complexity index is 1040. The molecule has 4 fully saturated rings. The molecule has 0 spiro atoms. The first kappa shape index (κ1) is 33.3. The molecule has 4 saturated carbocycles. The smallest absolute Gasteiger partial charge is 0.435 e. The average molecular weight is 606 g/mol. The summed E-state index contributed by atoms with van der Waals surface area (Å²) < 4.78 is 6.95. The minimum absolute atomic E-state index is 0.198. The van der Waals surface area contributed by atoms with E-state index < -0.39 is 20.5 Å². The Balaban J connectivity index is 1.38. The Morgan fingerprint density at radius 1 is 0.929 bits per heavy atom. The molecule has 4 aliphatic carbocycles. The maximum atomic E-state index is 12.5.